The first-order valence-electron chi connectivity index (χ1n) is 2.28. The second-order valence-electron chi connectivity index (χ2n) is 1.59. The largest absolute Gasteiger partial charge is 0.370 e. The van der Waals surface area contributed by atoms with Crippen LogP contribution in [0.25, 0.3) is 0 Å². The maximum absolute atomic E-state index is 11.6. The lowest BCUT2D eigenvalue weighted by molar-refractivity contribution is -0.177. The van der Waals surface area contributed by atoms with E-state index in [9.17, 15) is 31.1 Å². The van der Waals surface area contributed by atoms with E-state index in [0.29, 0.717) is 0 Å². The molecule has 0 amide bonds. The summed E-state index contributed by atoms with van der Waals surface area (Å²) < 4.78 is 67.7. The molecule has 0 aliphatic rings. The molecule has 0 N–H and O–H groups in total. The Kier molecular flexibility index (Phi) is 2.89. The molecule has 0 aliphatic carbocycles. The lowest BCUT2D eigenvalue weighted by atomic mass is 10.2. The van der Waals surface area contributed by atoms with Crippen molar-refractivity contribution in [2.75, 3.05) is 0 Å². The van der Waals surface area contributed by atoms with Crippen molar-refractivity contribution >= 4 is 5.78 Å². The fourth-order valence-corrected chi connectivity index (χ4v) is 0.253. The minimum absolute atomic E-state index is 3.05. The number of carbonyl (C=O) groups excluding carboxylic acids is 1. The van der Waals surface area contributed by atoms with Crippen LogP contribution in [-0.2, 0) is 4.79 Å². The molecule has 0 aromatic carbocycles. The van der Waals surface area contributed by atoms with Gasteiger partial charge in [0.25, 0.3) is 5.78 Å². The molecule has 0 unspecified atom stereocenters. The molecule has 0 aliphatic heterocycles. The highest BCUT2D eigenvalue weighted by Crippen LogP contribution is 2.26. The number of Topliss-reactive ketones (excluding diaryl/α,β-unsaturated/α-hetero) is 1. The Morgan fingerprint density at radius 1 is 1.09 bits per heavy atom. The first-order valence-corrected chi connectivity index (χ1v) is 2.28. The first-order chi connectivity index (χ1) is 4.80. The minimum atomic E-state index is -5.24. The van der Waals surface area contributed by atoms with E-state index in [1.165, 1.54) is 0 Å². The molecule has 11 heavy (non-hydrogen) atoms. The van der Waals surface area contributed by atoms with Crippen LogP contribution in [0.5, 0.6) is 0 Å². The standard InChI is InChI=1S/C4H2F6O/c5-2(6)1(11)4(9,10)3(7)8/h2-3H. The van der Waals surface area contributed by atoms with Gasteiger partial charge in [-0.1, -0.05) is 0 Å². The summed E-state index contributed by atoms with van der Waals surface area (Å²) in [6.45, 7) is 0. The monoisotopic (exact) mass is 180 g/mol. The zero-order valence-electron chi connectivity index (χ0n) is 4.83. The molecule has 0 saturated carbocycles. The van der Waals surface area contributed by atoms with Crippen LogP contribution in [0, 0.1) is 0 Å². The van der Waals surface area contributed by atoms with E-state index in [1.54, 1.807) is 0 Å². The molecule has 0 aromatic rings. The summed E-state index contributed by atoms with van der Waals surface area (Å²) >= 11 is 0. The van der Waals surface area contributed by atoms with Gasteiger partial charge in [-0.3, -0.25) is 4.79 Å². The number of halogens is 6. The molecule has 0 radical (unpaired) electrons. The van der Waals surface area contributed by atoms with Crippen molar-refractivity contribution in [2.24, 2.45) is 0 Å². The van der Waals surface area contributed by atoms with Crippen molar-refractivity contribution < 1.29 is 31.1 Å². The van der Waals surface area contributed by atoms with Gasteiger partial charge < -0.3 is 0 Å². The number of hydrogen-bond donors (Lipinski definition) is 0. The van der Waals surface area contributed by atoms with Gasteiger partial charge in [0.15, 0.2) is 0 Å². The highest BCUT2D eigenvalue weighted by molar-refractivity contribution is 5.88. The van der Waals surface area contributed by atoms with Crippen LogP contribution in [0.4, 0.5) is 26.3 Å². The molecule has 0 fully saturated rings. The molecule has 0 heterocycles. The van der Waals surface area contributed by atoms with E-state index in [2.05, 4.69) is 0 Å². The van der Waals surface area contributed by atoms with E-state index in [1.807, 2.05) is 0 Å². The highest BCUT2D eigenvalue weighted by atomic mass is 19.3. The van der Waals surface area contributed by atoms with Crippen LogP contribution in [0.2, 0.25) is 0 Å². The van der Waals surface area contributed by atoms with Gasteiger partial charge in [0.05, 0.1) is 0 Å². The normalized spacial score (nSPS) is 12.7. The molecule has 0 spiro atoms. The molecule has 66 valence electrons. The maximum Gasteiger partial charge on any atom is 0.370 e. The molecular formula is C4H2F6O. The quantitative estimate of drug-likeness (QED) is 0.604. The van der Waals surface area contributed by atoms with Crippen LogP contribution in [0.15, 0.2) is 0 Å². The minimum Gasteiger partial charge on any atom is -0.286 e. The number of rotatable bonds is 3. The van der Waals surface area contributed by atoms with Gasteiger partial charge in [0, 0.05) is 0 Å². The summed E-state index contributed by atoms with van der Waals surface area (Å²) in [6, 6.07) is 0. The molecular weight excluding hydrogens is 178 g/mol. The summed E-state index contributed by atoms with van der Waals surface area (Å²) in [5.74, 6) is -8.29. The van der Waals surface area contributed by atoms with E-state index < -0.39 is 24.6 Å². The van der Waals surface area contributed by atoms with Gasteiger partial charge in [0.2, 0.25) is 0 Å². The van der Waals surface area contributed by atoms with Crippen molar-refractivity contribution in [3.05, 3.63) is 0 Å². The van der Waals surface area contributed by atoms with Crippen molar-refractivity contribution in [3.63, 3.8) is 0 Å². The maximum atomic E-state index is 11.6. The van der Waals surface area contributed by atoms with Gasteiger partial charge in [0.1, 0.15) is 0 Å². The topological polar surface area (TPSA) is 17.1 Å². The van der Waals surface area contributed by atoms with E-state index in [-0.39, 0.29) is 0 Å². The van der Waals surface area contributed by atoms with Crippen LogP contribution in [0.1, 0.15) is 0 Å². The third-order valence-corrected chi connectivity index (χ3v) is 0.801. The third-order valence-electron chi connectivity index (χ3n) is 0.801. The number of hydrogen-bond acceptors (Lipinski definition) is 1. The Hall–Kier alpha value is -0.750. The summed E-state index contributed by atoms with van der Waals surface area (Å²) in [5.41, 5.74) is 0. The van der Waals surface area contributed by atoms with E-state index in [4.69, 9.17) is 0 Å². The van der Waals surface area contributed by atoms with E-state index in [0.717, 1.165) is 0 Å². The van der Waals surface area contributed by atoms with Crippen LogP contribution < -0.4 is 0 Å². The Balaban J connectivity index is 4.43. The zero-order valence-corrected chi connectivity index (χ0v) is 4.83. The second kappa shape index (κ2) is 3.10. The van der Waals surface area contributed by atoms with Gasteiger partial charge >= 0.3 is 18.8 Å². The molecule has 0 rings (SSSR count). The predicted molar refractivity (Wildman–Crippen MR) is 22.0 cm³/mol. The van der Waals surface area contributed by atoms with Crippen molar-refractivity contribution in [1.29, 1.82) is 0 Å². The zero-order chi connectivity index (χ0) is 9.23. The van der Waals surface area contributed by atoms with Crippen LogP contribution in [-0.4, -0.2) is 24.6 Å². The summed E-state index contributed by atoms with van der Waals surface area (Å²) in [5, 5.41) is 0. The molecule has 7 heteroatoms. The molecule has 0 atom stereocenters. The number of ketones is 1. The van der Waals surface area contributed by atoms with Gasteiger partial charge in [-0.05, 0) is 0 Å². The lowest BCUT2D eigenvalue weighted by Crippen LogP contribution is -2.40. The number of alkyl halides is 6. The lowest BCUT2D eigenvalue weighted by Gasteiger charge is -2.11. The van der Waals surface area contributed by atoms with Crippen LogP contribution >= 0.6 is 0 Å². The molecule has 0 saturated heterocycles. The van der Waals surface area contributed by atoms with Crippen molar-refractivity contribution in [2.45, 2.75) is 18.8 Å². The Bertz CT molecular complexity index is 153. The molecule has 0 aromatic heterocycles. The average Bonchev–Trinajstić information content (AvgIpc) is 1.85. The van der Waals surface area contributed by atoms with E-state index >= 15 is 0 Å². The average molecular weight is 180 g/mol. The summed E-state index contributed by atoms with van der Waals surface area (Å²) in [7, 11) is 0. The highest BCUT2D eigenvalue weighted by Gasteiger charge is 2.52. The second-order valence-corrected chi connectivity index (χ2v) is 1.59. The van der Waals surface area contributed by atoms with Crippen molar-refractivity contribution in [3.8, 4) is 0 Å². The van der Waals surface area contributed by atoms with Gasteiger partial charge in [-0.2, -0.15) is 8.78 Å². The SMILES string of the molecule is O=C(C(F)F)C(F)(F)C(F)F. The van der Waals surface area contributed by atoms with Gasteiger partial charge in [-0.15, -0.1) is 0 Å². The molecule has 0 bridgehead atoms. The van der Waals surface area contributed by atoms with Crippen molar-refractivity contribution in [1.82, 2.24) is 0 Å². The summed E-state index contributed by atoms with van der Waals surface area (Å²) in [4.78, 5) is 9.63. The summed E-state index contributed by atoms with van der Waals surface area (Å²) in [6.07, 6.45) is -8.46. The fourth-order valence-electron chi connectivity index (χ4n) is 0.253. The third kappa shape index (κ3) is 2.09. The predicted octanol–water partition coefficient (Wildman–Crippen LogP) is 1.72. The fraction of sp³-hybridized carbons (Fsp3) is 0.750. The first kappa shape index (κ1) is 10.2. The van der Waals surface area contributed by atoms with Gasteiger partial charge in [-0.25, -0.2) is 17.6 Å². The van der Waals surface area contributed by atoms with Crippen LogP contribution in [0.3, 0.4) is 0 Å². The Labute approximate surface area is 57.0 Å². The Morgan fingerprint density at radius 3 is 1.55 bits per heavy atom. The Morgan fingerprint density at radius 2 is 1.45 bits per heavy atom. The molecule has 1 nitrogen and oxygen atoms in total. The number of carbonyl (C=O) groups is 1. The smallest absolute Gasteiger partial charge is 0.286 e.